The van der Waals surface area contributed by atoms with Crippen molar-refractivity contribution in [2.75, 3.05) is 13.7 Å². The van der Waals surface area contributed by atoms with E-state index in [0.29, 0.717) is 6.61 Å². The van der Waals surface area contributed by atoms with Gasteiger partial charge in [-0.15, -0.1) is 0 Å². The summed E-state index contributed by atoms with van der Waals surface area (Å²) in [5, 5.41) is 2.31. The molecule has 0 bridgehead atoms. The molecule has 4 nitrogen and oxygen atoms in total. The van der Waals surface area contributed by atoms with Crippen LogP contribution < -0.4 is 11.3 Å². The summed E-state index contributed by atoms with van der Waals surface area (Å²) < 4.78 is 5.10. The summed E-state index contributed by atoms with van der Waals surface area (Å²) >= 11 is 0. The monoisotopic (exact) mass is 231 g/mol. The second kappa shape index (κ2) is 5.72. The molecule has 1 aromatic carbocycles. The van der Waals surface area contributed by atoms with Gasteiger partial charge in [0.2, 0.25) is 0 Å². The lowest BCUT2D eigenvalue weighted by Gasteiger charge is -2.17. The van der Waals surface area contributed by atoms with Gasteiger partial charge in [-0.25, -0.2) is 0 Å². The fourth-order valence-corrected chi connectivity index (χ4v) is 2.01. The van der Waals surface area contributed by atoms with Gasteiger partial charge in [0.15, 0.2) is 0 Å². The molecular formula is C13H17N3O. The summed E-state index contributed by atoms with van der Waals surface area (Å²) in [6.45, 7) is 0.672. The van der Waals surface area contributed by atoms with Gasteiger partial charge in [0.05, 0.1) is 0 Å². The third-order valence-electron chi connectivity index (χ3n) is 2.90. The van der Waals surface area contributed by atoms with Crippen molar-refractivity contribution in [2.45, 2.75) is 12.5 Å². The number of hydrogen-bond acceptors (Lipinski definition) is 4. The van der Waals surface area contributed by atoms with Gasteiger partial charge in [-0.3, -0.25) is 16.3 Å². The maximum absolute atomic E-state index is 5.61. The maximum atomic E-state index is 5.61. The van der Waals surface area contributed by atoms with E-state index in [0.717, 1.165) is 17.4 Å². The van der Waals surface area contributed by atoms with Crippen LogP contribution in [-0.4, -0.2) is 18.7 Å². The molecule has 90 valence electrons. The lowest BCUT2D eigenvalue weighted by Crippen LogP contribution is -2.29. The summed E-state index contributed by atoms with van der Waals surface area (Å²) in [5.74, 6) is 5.61. The zero-order chi connectivity index (χ0) is 12.1. The molecule has 1 atom stereocenters. The summed E-state index contributed by atoms with van der Waals surface area (Å²) in [6, 6.07) is 8.27. The van der Waals surface area contributed by atoms with E-state index in [1.807, 2.05) is 18.3 Å². The average molecular weight is 231 g/mol. The first-order valence-corrected chi connectivity index (χ1v) is 5.64. The number of nitrogens with two attached hydrogens (primary N) is 1. The van der Waals surface area contributed by atoms with E-state index in [1.165, 1.54) is 5.39 Å². The first-order chi connectivity index (χ1) is 8.36. The van der Waals surface area contributed by atoms with Crippen molar-refractivity contribution in [3.05, 3.63) is 42.2 Å². The van der Waals surface area contributed by atoms with Gasteiger partial charge in [0, 0.05) is 37.5 Å². The van der Waals surface area contributed by atoms with Crippen LogP contribution in [0, 0.1) is 0 Å². The van der Waals surface area contributed by atoms with E-state index in [-0.39, 0.29) is 6.04 Å². The molecule has 1 unspecified atom stereocenters. The number of nitrogens with zero attached hydrogens (tertiary/aromatic N) is 1. The number of ether oxygens (including phenoxy) is 1. The Morgan fingerprint density at radius 2 is 2.29 bits per heavy atom. The Morgan fingerprint density at radius 1 is 1.41 bits per heavy atom. The standard InChI is InChI=1S/C13H17N3O/c1-17-8-6-13(16-14)11-4-2-3-10-5-7-15-9-12(10)11/h2-5,7,9,13,16H,6,8,14H2,1H3. The first kappa shape index (κ1) is 12.0. The van der Waals surface area contributed by atoms with Crippen molar-refractivity contribution in [3.8, 4) is 0 Å². The second-order valence-electron chi connectivity index (χ2n) is 3.94. The SMILES string of the molecule is COCCC(NN)c1cccc2ccncc12. The van der Waals surface area contributed by atoms with Gasteiger partial charge >= 0.3 is 0 Å². The second-order valence-corrected chi connectivity index (χ2v) is 3.94. The van der Waals surface area contributed by atoms with E-state index < -0.39 is 0 Å². The van der Waals surface area contributed by atoms with E-state index in [1.54, 1.807) is 13.3 Å². The van der Waals surface area contributed by atoms with Crippen molar-refractivity contribution in [2.24, 2.45) is 5.84 Å². The Hall–Kier alpha value is -1.49. The van der Waals surface area contributed by atoms with E-state index in [2.05, 4.69) is 22.5 Å². The molecular weight excluding hydrogens is 214 g/mol. The molecule has 4 heteroatoms. The minimum Gasteiger partial charge on any atom is -0.385 e. The van der Waals surface area contributed by atoms with Gasteiger partial charge in [0.25, 0.3) is 0 Å². The molecule has 0 aliphatic heterocycles. The average Bonchev–Trinajstić information content (AvgIpc) is 2.40. The number of benzene rings is 1. The molecule has 2 rings (SSSR count). The number of rotatable bonds is 5. The molecule has 1 aromatic heterocycles. The minimum atomic E-state index is 0.0860. The highest BCUT2D eigenvalue weighted by molar-refractivity contribution is 5.85. The van der Waals surface area contributed by atoms with Gasteiger partial charge in [-0.2, -0.15) is 0 Å². The Labute approximate surface area is 101 Å². The fourth-order valence-electron chi connectivity index (χ4n) is 2.01. The van der Waals surface area contributed by atoms with Crippen LogP contribution in [0.15, 0.2) is 36.7 Å². The number of fused-ring (bicyclic) bond motifs is 1. The van der Waals surface area contributed by atoms with Crippen LogP contribution in [0.3, 0.4) is 0 Å². The maximum Gasteiger partial charge on any atom is 0.0488 e. The molecule has 0 fully saturated rings. The lowest BCUT2D eigenvalue weighted by molar-refractivity contribution is 0.183. The van der Waals surface area contributed by atoms with Gasteiger partial charge in [-0.05, 0) is 23.4 Å². The third-order valence-corrected chi connectivity index (χ3v) is 2.90. The normalized spacial score (nSPS) is 12.8. The van der Waals surface area contributed by atoms with Crippen molar-refractivity contribution >= 4 is 10.8 Å². The molecule has 2 aromatic rings. The highest BCUT2D eigenvalue weighted by Crippen LogP contribution is 2.24. The molecule has 0 spiro atoms. The van der Waals surface area contributed by atoms with Crippen LogP contribution in [0.2, 0.25) is 0 Å². The highest BCUT2D eigenvalue weighted by Gasteiger charge is 2.12. The van der Waals surface area contributed by atoms with E-state index in [4.69, 9.17) is 10.6 Å². The summed E-state index contributed by atoms with van der Waals surface area (Å²) in [7, 11) is 1.69. The van der Waals surface area contributed by atoms with E-state index in [9.17, 15) is 0 Å². The van der Waals surface area contributed by atoms with Crippen LogP contribution in [0.1, 0.15) is 18.0 Å². The molecule has 0 amide bonds. The van der Waals surface area contributed by atoms with Gasteiger partial charge in [0.1, 0.15) is 0 Å². The summed E-state index contributed by atoms with van der Waals surface area (Å²) in [4.78, 5) is 4.17. The van der Waals surface area contributed by atoms with Crippen molar-refractivity contribution < 1.29 is 4.74 Å². The number of pyridine rings is 1. The smallest absolute Gasteiger partial charge is 0.0488 e. The van der Waals surface area contributed by atoms with E-state index >= 15 is 0 Å². The molecule has 0 aliphatic rings. The third kappa shape index (κ3) is 2.61. The van der Waals surface area contributed by atoms with Crippen LogP contribution >= 0.6 is 0 Å². The topological polar surface area (TPSA) is 60.2 Å². The first-order valence-electron chi connectivity index (χ1n) is 5.64. The Balaban J connectivity index is 2.38. The zero-order valence-electron chi connectivity index (χ0n) is 9.89. The predicted molar refractivity (Wildman–Crippen MR) is 68.3 cm³/mol. The summed E-state index contributed by atoms with van der Waals surface area (Å²) in [5.41, 5.74) is 4.00. The Kier molecular flexibility index (Phi) is 4.03. The van der Waals surface area contributed by atoms with Crippen molar-refractivity contribution in [3.63, 3.8) is 0 Å². The fraction of sp³-hybridized carbons (Fsp3) is 0.308. The number of methoxy groups -OCH3 is 1. The number of hydrazine groups is 1. The van der Waals surface area contributed by atoms with Crippen LogP contribution in [-0.2, 0) is 4.74 Å². The van der Waals surface area contributed by atoms with Crippen LogP contribution in [0.5, 0.6) is 0 Å². The van der Waals surface area contributed by atoms with Crippen LogP contribution in [0.25, 0.3) is 10.8 Å². The minimum absolute atomic E-state index is 0.0860. The van der Waals surface area contributed by atoms with Crippen LogP contribution in [0.4, 0.5) is 0 Å². The number of nitrogens with one attached hydrogen (secondary N) is 1. The predicted octanol–water partition coefficient (Wildman–Crippen LogP) is 1.78. The number of hydrogen-bond donors (Lipinski definition) is 2. The molecule has 0 saturated carbocycles. The molecule has 17 heavy (non-hydrogen) atoms. The lowest BCUT2D eigenvalue weighted by atomic mass is 9.99. The molecule has 0 aliphatic carbocycles. The number of aromatic nitrogens is 1. The molecule has 0 saturated heterocycles. The zero-order valence-corrected chi connectivity index (χ0v) is 9.89. The molecule has 0 radical (unpaired) electrons. The molecule has 1 heterocycles. The van der Waals surface area contributed by atoms with Gasteiger partial charge in [-0.1, -0.05) is 18.2 Å². The Bertz CT molecular complexity index is 482. The van der Waals surface area contributed by atoms with Gasteiger partial charge < -0.3 is 4.74 Å². The molecule has 3 N–H and O–H groups in total. The Morgan fingerprint density at radius 3 is 3.06 bits per heavy atom. The summed E-state index contributed by atoms with van der Waals surface area (Å²) in [6.07, 6.45) is 4.51. The largest absolute Gasteiger partial charge is 0.385 e. The quantitative estimate of drug-likeness (QED) is 0.608. The highest BCUT2D eigenvalue weighted by atomic mass is 16.5. The van der Waals surface area contributed by atoms with Crippen molar-refractivity contribution in [1.82, 2.24) is 10.4 Å². The van der Waals surface area contributed by atoms with Crippen molar-refractivity contribution in [1.29, 1.82) is 0 Å².